The fraction of sp³-hybridized carbons (Fsp3) is 0.786. The van der Waals surface area contributed by atoms with E-state index in [1.165, 1.54) is 94.6 Å². The highest BCUT2D eigenvalue weighted by Gasteiger charge is 2.15. The lowest BCUT2D eigenvalue weighted by molar-refractivity contribution is 0.214. The molecule has 0 aliphatic heterocycles. The van der Waals surface area contributed by atoms with Crippen LogP contribution < -0.4 is 4.74 Å². The predicted octanol–water partition coefficient (Wildman–Crippen LogP) is 8.32. The SMILES string of the molecule is CCCCCCCCCc1cccc(OC(C)CCS(=O)(=O)O)c1CCCCCCCCC. The van der Waals surface area contributed by atoms with Gasteiger partial charge in [-0.2, -0.15) is 8.42 Å². The number of hydrogen-bond acceptors (Lipinski definition) is 3. The van der Waals surface area contributed by atoms with E-state index in [1.54, 1.807) is 0 Å². The van der Waals surface area contributed by atoms with Gasteiger partial charge in [-0.05, 0) is 49.8 Å². The van der Waals surface area contributed by atoms with E-state index in [0.29, 0.717) is 0 Å². The van der Waals surface area contributed by atoms with E-state index >= 15 is 0 Å². The molecule has 1 rings (SSSR count). The van der Waals surface area contributed by atoms with Crippen LogP contribution in [-0.4, -0.2) is 24.8 Å². The van der Waals surface area contributed by atoms with Gasteiger partial charge in [0.05, 0.1) is 11.9 Å². The number of unbranched alkanes of at least 4 members (excludes halogenated alkanes) is 12. The van der Waals surface area contributed by atoms with Gasteiger partial charge in [0.25, 0.3) is 10.1 Å². The van der Waals surface area contributed by atoms with E-state index in [2.05, 4.69) is 26.0 Å². The fourth-order valence-corrected chi connectivity index (χ4v) is 4.99. The molecule has 1 aromatic rings. The number of benzene rings is 1. The summed E-state index contributed by atoms with van der Waals surface area (Å²) in [6, 6.07) is 6.33. The van der Waals surface area contributed by atoms with Gasteiger partial charge in [0.1, 0.15) is 5.75 Å². The lowest BCUT2D eigenvalue weighted by Gasteiger charge is -2.20. The summed E-state index contributed by atoms with van der Waals surface area (Å²) < 4.78 is 37.5. The lowest BCUT2D eigenvalue weighted by atomic mass is 9.95. The van der Waals surface area contributed by atoms with E-state index in [4.69, 9.17) is 9.29 Å². The van der Waals surface area contributed by atoms with E-state index in [1.807, 2.05) is 13.0 Å². The minimum absolute atomic E-state index is 0.256. The van der Waals surface area contributed by atoms with Gasteiger partial charge >= 0.3 is 0 Å². The van der Waals surface area contributed by atoms with Crippen molar-refractivity contribution < 1.29 is 17.7 Å². The molecule has 192 valence electrons. The Morgan fingerprint density at radius 3 is 1.85 bits per heavy atom. The summed E-state index contributed by atoms with van der Waals surface area (Å²) in [6.07, 6.45) is 20.2. The van der Waals surface area contributed by atoms with E-state index in [0.717, 1.165) is 25.0 Å². The molecule has 0 saturated carbocycles. The first-order valence-corrected chi connectivity index (χ1v) is 15.2. The van der Waals surface area contributed by atoms with Gasteiger partial charge < -0.3 is 4.74 Å². The Morgan fingerprint density at radius 2 is 1.30 bits per heavy atom. The van der Waals surface area contributed by atoms with Crippen molar-refractivity contribution in [1.82, 2.24) is 0 Å². The molecule has 0 spiro atoms. The Bertz CT molecular complexity index is 715. The lowest BCUT2D eigenvalue weighted by Crippen LogP contribution is -2.18. The van der Waals surface area contributed by atoms with Crippen molar-refractivity contribution in [1.29, 1.82) is 0 Å². The van der Waals surface area contributed by atoms with Gasteiger partial charge in [-0.3, -0.25) is 4.55 Å². The minimum atomic E-state index is -3.96. The number of aryl methyl sites for hydroxylation is 1. The molecule has 0 aliphatic rings. The summed E-state index contributed by atoms with van der Waals surface area (Å²) in [4.78, 5) is 0. The smallest absolute Gasteiger partial charge is 0.264 e. The van der Waals surface area contributed by atoms with Crippen molar-refractivity contribution in [2.75, 3.05) is 5.75 Å². The first kappa shape index (κ1) is 30.0. The second-order valence-electron chi connectivity index (χ2n) is 9.64. The molecule has 1 unspecified atom stereocenters. The number of ether oxygens (including phenoxy) is 1. The molecule has 5 heteroatoms. The van der Waals surface area contributed by atoms with E-state index in [9.17, 15) is 8.42 Å². The predicted molar refractivity (Wildman–Crippen MR) is 141 cm³/mol. The van der Waals surface area contributed by atoms with Crippen LogP contribution in [0.4, 0.5) is 0 Å². The molecular formula is C28H50O4S. The first-order valence-electron chi connectivity index (χ1n) is 13.6. The molecule has 0 bridgehead atoms. The zero-order valence-corrected chi connectivity index (χ0v) is 22.4. The Labute approximate surface area is 204 Å². The molecule has 1 aromatic carbocycles. The minimum Gasteiger partial charge on any atom is -0.490 e. The molecule has 0 saturated heterocycles. The van der Waals surface area contributed by atoms with Crippen molar-refractivity contribution >= 4 is 10.1 Å². The summed E-state index contributed by atoms with van der Waals surface area (Å²) in [5, 5.41) is 0. The average Bonchev–Trinajstić information content (AvgIpc) is 2.77. The van der Waals surface area contributed by atoms with Crippen molar-refractivity contribution in [2.45, 2.75) is 136 Å². The maximum Gasteiger partial charge on any atom is 0.264 e. The second-order valence-corrected chi connectivity index (χ2v) is 11.2. The summed E-state index contributed by atoms with van der Waals surface area (Å²) in [5.74, 6) is 0.628. The normalized spacial score (nSPS) is 12.7. The van der Waals surface area contributed by atoms with Crippen molar-refractivity contribution in [3.63, 3.8) is 0 Å². The van der Waals surface area contributed by atoms with Gasteiger partial charge in [-0.15, -0.1) is 0 Å². The molecule has 0 aromatic heterocycles. The molecule has 1 atom stereocenters. The summed E-state index contributed by atoms with van der Waals surface area (Å²) in [5.41, 5.74) is 2.68. The molecule has 0 fully saturated rings. The molecule has 0 heterocycles. The third kappa shape index (κ3) is 15.5. The van der Waals surface area contributed by atoms with Crippen LogP contribution in [0.1, 0.15) is 128 Å². The Morgan fingerprint density at radius 1 is 0.788 bits per heavy atom. The Kier molecular flexibility index (Phi) is 16.6. The monoisotopic (exact) mass is 482 g/mol. The highest BCUT2D eigenvalue weighted by atomic mass is 32.2. The average molecular weight is 483 g/mol. The van der Waals surface area contributed by atoms with Crippen LogP contribution >= 0.6 is 0 Å². The number of hydrogen-bond donors (Lipinski definition) is 1. The molecule has 1 N–H and O–H groups in total. The largest absolute Gasteiger partial charge is 0.490 e. The van der Waals surface area contributed by atoms with Crippen LogP contribution in [0.15, 0.2) is 18.2 Å². The molecule has 0 amide bonds. The second kappa shape index (κ2) is 18.3. The number of rotatable bonds is 21. The van der Waals surface area contributed by atoms with Crippen molar-refractivity contribution in [2.24, 2.45) is 0 Å². The van der Waals surface area contributed by atoms with Crippen LogP contribution in [0.2, 0.25) is 0 Å². The van der Waals surface area contributed by atoms with Gasteiger partial charge in [0.15, 0.2) is 0 Å². The quantitative estimate of drug-likeness (QED) is 0.141. The fourth-order valence-electron chi connectivity index (χ4n) is 4.36. The van der Waals surface area contributed by atoms with Crippen LogP contribution in [0.3, 0.4) is 0 Å². The third-order valence-corrected chi connectivity index (χ3v) is 7.17. The molecule has 33 heavy (non-hydrogen) atoms. The van der Waals surface area contributed by atoms with Crippen LogP contribution in [-0.2, 0) is 23.0 Å². The van der Waals surface area contributed by atoms with Gasteiger partial charge in [-0.25, -0.2) is 0 Å². The summed E-state index contributed by atoms with van der Waals surface area (Å²) >= 11 is 0. The Hall–Kier alpha value is -1.07. The van der Waals surface area contributed by atoms with Crippen LogP contribution in [0, 0.1) is 0 Å². The maximum absolute atomic E-state index is 11.1. The van der Waals surface area contributed by atoms with E-state index in [-0.39, 0.29) is 18.3 Å². The van der Waals surface area contributed by atoms with Crippen LogP contribution in [0.25, 0.3) is 0 Å². The highest BCUT2D eigenvalue weighted by Crippen LogP contribution is 2.28. The Balaban J connectivity index is 2.68. The molecule has 0 radical (unpaired) electrons. The van der Waals surface area contributed by atoms with Crippen molar-refractivity contribution in [3.8, 4) is 5.75 Å². The van der Waals surface area contributed by atoms with Crippen molar-refractivity contribution in [3.05, 3.63) is 29.3 Å². The zero-order chi connectivity index (χ0) is 24.4. The molecular weight excluding hydrogens is 432 g/mol. The summed E-state index contributed by atoms with van der Waals surface area (Å²) in [7, 11) is -3.96. The molecule has 4 nitrogen and oxygen atoms in total. The maximum atomic E-state index is 11.1. The third-order valence-electron chi connectivity index (χ3n) is 6.42. The standard InChI is InChI=1S/C28H50O4S/c1-4-6-8-10-12-14-16-19-26-20-18-22-28(32-25(3)23-24-33(29,30)31)27(26)21-17-15-13-11-9-7-5-2/h18,20,22,25H,4-17,19,21,23-24H2,1-3H3,(H,29,30,31). The topological polar surface area (TPSA) is 63.6 Å². The van der Waals surface area contributed by atoms with E-state index < -0.39 is 10.1 Å². The van der Waals surface area contributed by atoms with Crippen LogP contribution in [0.5, 0.6) is 5.75 Å². The van der Waals surface area contributed by atoms with Gasteiger partial charge in [0.2, 0.25) is 0 Å². The first-order chi connectivity index (χ1) is 15.9. The highest BCUT2D eigenvalue weighted by molar-refractivity contribution is 7.85. The van der Waals surface area contributed by atoms with Gasteiger partial charge in [-0.1, -0.05) is 103 Å². The molecule has 0 aliphatic carbocycles. The van der Waals surface area contributed by atoms with Gasteiger partial charge in [0, 0.05) is 6.42 Å². The summed E-state index contributed by atoms with van der Waals surface area (Å²) in [6.45, 7) is 6.39. The zero-order valence-electron chi connectivity index (χ0n) is 21.6.